The van der Waals surface area contributed by atoms with Gasteiger partial charge in [0.25, 0.3) is 0 Å². The van der Waals surface area contributed by atoms with Crippen molar-refractivity contribution in [1.29, 1.82) is 0 Å². The lowest BCUT2D eigenvalue weighted by Gasteiger charge is -2.38. The molecule has 2 bridgehead atoms. The monoisotopic (exact) mass is 304 g/mol. The van der Waals surface area contributed by atoms with Gasteiger partial charge < -0.3 is 9.84 Å². The molecule has 0 aromatic carbocycles. The lowest BCUT2D eigenvalue weighted by atomic mass is 9.70. The van der Waals surface area contributed by atoms with Crippen LogP contribution >= 0.6 is 11.3 Å². The van der Waals surface area contributed by atoms with Crippen molar-refractivity contribution in [3.05, 3.63) is 21.9 Å². The van der Waals surface area contributed by atoms with Gasteiger partial charge in [0.05, 0.1) is 12.7 Å². The third kappa shape index (κ3) is 2.34. The molecule has 21 heavy (non-hydrogen) atoms. The molecule has 0 amide bonds. The first kappa shape index (κ1) is 15.1. The number of thiophene rings is 1. The van der Waals surface area contributed by atoms with Gasteiger partial charge in [0, 0.05) is 10.4 Å². The summed E-state index contributed by atoms with van der Waals surface area (Å²) in [5.74, 6) is 6.54. The molecular weight excluding hydrogens is 280 g/mol. The van der Waals surface area contributed by atoms with Crippen molar-refractivity contribution in [2.45, 2.75) is 52.7 Å². The van der Waals surface area contributed by atoms with Crippen molar-refractivity contribution >= 4 is 11.3 Å². The van der Waals surface area contributed by atoms with E-state index >= 15 is 0 Å². The predicted molar refractivity (Wildman–Crippen MR) is 86.1 cm³/mol. The molecule has 114 valence electrons. The molecule has 1 aromatic heterocycles. The van der Waals surface area contributed by atoms with Gasteiger partial charge in [-0.1, -0.05) is 32.6 Å². The van der Waals surface area contributed by atoms with E-state index in [1.165, 1.54) is 24.1 Å². The summed E-state index contributed by atoms with van der Waals surface area (Å²) in [6, 6.07) is 2.01. The van der Waals surface area contributed by atoms with Crippen LogP contribution in [0, 0.1) is 28.6 Å². The van der Waals surface area contributed by atoms with Crippen LogP contribution < -0.4 is 0 Å². The summed E-state index contributed by atoms with van der Waals surface area (Å²) in [5.41, 5.74) is 1.71. The van der Waals surface area contributed by atoms with E-state index < -0.39 is 0 Å². The zero-order valence-corrected chi connectivity index (χ0v) is 13.9. The number of aliphatic hydroxyl groups excluding tert-OH is 1. The third-order valence-corrected chi connectivity index (χ3v) is 7.07. The molecule has 1 heterocycles. The van der Waals surface area contributed by atoms with Crippen LogP contribution in [0.1, 0.15) is 50.5 Å². The van der Waals surface area contributed by atoms with Crippen LogP contribution in [0.4, 0.5) is 0 Å². The van der Waals surface area contributed by atoms with Gasteiger partial charge in [-0.15, -0.1) is 11.3 Å². The van der Waals surface area contributed by atoms with Crippen molar-refractivity contribution in [2.75, 3.05) is 6.61 Å². The van der Waals surface area contributed by atoms with Crippen molar-refractivity contribution in [3.8, 4) is 11.8 Å². The largest absolute Gasteiger partial charge is 0.384 e. The highest BCUT2D eigenvalue weighted by molar-refractivity contribution is 7.10. The van der Waals surface area contributed by atoms with Crippen molar-refractivity contribution in [2.24, 2.45) is 16.7 Å². The molecule has 2 nitrogen and oxygen atoms in total. The van der Waals surface area contributed by atoms with E-state index in [1.54, 1.807) is 11.3 Å². The molecular formula is C18H24O2S. The smallest absolute Gasteiger partial charge is 0.104 e. The zero-order chi connectivity index (χ0) is 15.1. The molecule has 2 fully saturated rings. The molecule has 3 heteroatoms. The second kappa shape index (κ2) is 5.43. The highest BCUT2D eigenvalue weighted by Crippen LogP contribution is 2.66. The standard InChI is InChI=1S/C18H24O2S/c1-17(2)14-6-8-18(17,3)16(11-14)20-12-15-13(5-4-9-19)7-10-21-15/h7,10,14,16,19H,6,8-9,11-12H2,1-3H3. The second-order valence-electron chi connectivity index (χ2n) is 7.13. The van der Waals surface area contributed by atoms with Gasteiger partial charge in [-0.3, -0.25) is 0 Å². The van der Waals surface area contributed by atoms with Crippen LogP contribution in [0.25, 0.3) is 0 Å². The van der Waals surface area contributed by atoms with Crippen LogP contribution in [0.15, 0.2) is 11.4 Å². The van der Waals surface area contributed by atoms with E-state index in [-0.39, 0.29) is 6.61 Å². The van der Waals surface area contributed by atoms with Crippen LogP contribution in [-0.2, 0) is 11.3 Å². The third-order valence-electron chi connectivity index (χ3n) is 6.18. The summed E-state index contributed by atoms with van der Waals surface area (Å²) >= 11 is 1.69. The minimum Gasteiger partial charge on any atom is -0.384 e. The second-order valence-corrected chi connectivity index (χ2v) is 8.13. The maximum Gasteiger partial charge on any atom is 0.104 e. The number of fused-ring (bicyclic) bond motifs is 2. The van der Waals surface area contributed by atoms with Gasteiger partial charge in [0.2, 0.25) is 0 Å². The van der Waals surface area contributed by atoms with E-state index in [2.05, 4.69) is 32.6 Å². The molecule has 3 rings (SSSR count). The van der Waals surface area contributed by atoms with E-state index in [1.807, 2.05) is 11.4 Å². The van der Waals surface area contributed by atoms with Gasteiger partial charge >= 0.3 is 0 Å². The summed E-state index contributed by atoms with van der Waals surface area (Å²) in [5, 5.41) is 10.9. The number of aliphatic hydroxyl groups is 1. The quantitative estimate of drug-likeness (QED) is 0.860. The molecule has 0 radical (unpaired) electrons. The fourth-order valence-electron chi connectivity index (χ4n) is 4.26. The van der Waals surface area contributed by atoms with E-state index in [0.717, 1.165) is 11.5 Å². The molecule has 0 aliphatic heterocycles. The molecule has 0 spiro atoms. The van der Waals surface area contributed by atoms with Gasteiger partial charge in [0.15, 0.2) is 0 Å². The molecule has 2 aliphatic carbocycles. The van der Waals surface area contributed by atoms with Crippen LogP contribution in [0.2, 0.25) is 0 Å². The Bertz CT molecular complexity index is 578. The van der Waals surface area contributed by atoms with Gasteiger partial charge in [-0.25, -0.2) is 0 Å². The molecule has 3 atom stereocenters. The highest BCUT2D eigenvalue weighted by atomic mass is 32.1. The maximum atomic E-state index is 8.82. The number of hydrogen-bond acceptors (Lipinski definition) is 3. The normalized spacial score (nSPS) is 33.0. The fourth-order valence-corrected chi connectivity index (χ4v) is 5.01. The topological polar surface area (TPSA) is 29.5 Å². The first-order valence-corrected chi connectivity index (χ1v) is 8.64. The van der Waals surface area contributed by atoms with Crippen molar-refractivity contribution in [3.63, 3.8) is 0 Å². The van der Waals surface area contributed by atoms with Gasteiger partial charge in [-0.05, 0) is 47.5 Å². The Hall–Kier alpha value is -0.820. The number of ether oxygens (including phenoxy) is 1. The molecule has 2 aliphatic rings. The molecule has 1 N–H and O–H groups in total. The average molecular weight is 304 g/mol. The Kier molecular flexibility index (Phi) is 3.90. The first-order valence-electron chi connectivity index (χ1n) is 7.77. The summed E-state index contributed by atoms with van der Waals surface area (Å²) in [7, 11) is 0. The van der Waals surface area contributed by atoms with Gasteiger partial charge in [0.1, 0.15) is 6.61 Å². The molecule has 3 unspecified atom stereocenters. The van der Waals surface area contributed by atoms with Crippen LogP contribution in [0.5, 0.6) is 0 Å². The van der Waals surface area contributed by atoms with E-state index in [9.17, 15) is 0 Å². The van der Waals surface area contributed by atoms with Gasteiger partial charge in [-0.2, -0.15) is 0 Å². The van der Waals surface area contributed by atoms with Crippen molar-refractivity contribution < 1.29 is 9.84 Å². The SMILES string of the molecule is CC1(C)C2CCC1(C)C(OCc1sccc1C#CCO)C2. The summed E-state index contributed by atoms with van der Waals surface area (Å²) < 4.78 is 6.32. The van der Waals surface area contributed by atoms with E-state index in [0.29, 0.717) is 23.5 Å². The fraction of sp³-hybridized carbons (Fsp3) is 0.667. The summed E-state index contributed by atoms with van der Waals surface area (Å²) in [4.78, 5) is 1.18. The molecule has 1 aromatic rings. The Morgan fingerprint density at radius 3 is 2.86 bits per heavy atom. The first-order chi connectivity index (χ1) is 9.99. The van der Waals surface area contributed by atoms with Crippen molar-refractivity contribution in [1.82, 2.24) is 0 Å². The minimum absolute atomic E-state index is 0.0906. The summed E-state index contributed by atoms with van der Waals surface area (Å²) in [6.07, 6.45) is 4.21. The van der Waals surface area contributed by atoms with E-state index in [4.69, 9.17) is 9.84 Å². The number of hydrogen-bond donors (Lipinski definition) is 1. The Morgan fingerprint density at radius 2 is 2.24 bits per heavy atom. The lowest BCUT2D eigenvalue weighted by Crippen LogP contribution is -2.37. The highest BCUT2D eigenvalue weighted by Gasteiger charge is 2.61. The summed E-state index contributed by atoms with van der Waals surface area (Å²) in [6.45, 7) is 7.79. The van der Waals surface area contributed by atoms with Crippen LogP contribution in [0.3, 0.4) is 0 Å². The molecule has 0 saturated heterocycles. The minimum atomic E-state index is -0.0906. The maximum absolute atomic E-state index is 8.82. The lowest BCUT2D eigenvalue weighted by molar-refractivity contribution is -0.0542. The molecule has 2 saturated carbocycles. The Labute approximate surface area is 131 Å². The Morgan fingerprint density at radius 1 is 1.43 bits per heavy atom. The average Bonchev–Trinajstić information content (AvgIpc) is 3.04. The zero-order valence-electron chi connectivity index (χ0n) is 13.1. The Balaban J connectivity index is 1.69. The predicted octanol–water partition coefficient (Wildman–Crippen LogP) is 3.82. The van der Waals surface area contributed by atoms with Crippen LogP contribution in [-0.4, -0.2) is 17.8 Å². The number of rotatable bonds is 3.